The van der Waals surface area contributed by atoms with E-state index in [1.54, 1.807) is 6.20 Å². The Labute approximate surface area is 206 Å². The van der Waals surface area contributed by atoms with Gasteiger partial charge in [-0.3, -0.25) is 9.69 Å². The molecular weight excluding hydrogens is 442 g/mol. The van der Waals surface area contributed by atoms with Gasteiger partial charge in [-0.1, -0.05) is 37.5 Å². The highest BCUT2D eigenvalue weighted by molar-refractivity contribution is 5.94. The van der Waals surface area contributed by atoms with E-state index in [2.05, 4.69) is 33.4 Å². The van der Waals surface area contributed by atoms with E-state index in [1.165, 1.54) is 42.3 Å². The number of nitrogens with zero attached hydrogens (tertiary/aromatic N) is 2. The smallest absolute Gasteiger partial charge is 0.251 e. The van der Waals surface area contributed by atoms with Gasteiger partial charge in [0, 0.05) is 31.7 Å². The maximum atomic E-state index is 12.6. The fraction of sp³-hybridized carbons (Fsp3) is 0.429. The second-order valence-electron chi connectivity index (χ2n) is 9.74. The molecule has 1 atom stereocenters. The molecule has 2 heterocycles. The van der Waals surface area contributed by atoms with Crippen LogP contribution in [0.5, 0.6) is 5.75 Å². The molecule has 0 bridgehead atoms. The number of rotatable bonds is 10. The van der Waals surface area contributed by atoms with Crippen molar-refractivity contribution in [3.63, 3.8) is 0 Å². The molecule has 1 aromatic heterocycles. The highest BCUT2D eigenvalue weighted by Crippen LogP contribution is 2.30. The Balaban J connectivity index is 1.07. The molecule has 2 aliphatic rings. The van der Waals surface area contributed by atoms with Crippen molar-refractivity contribution in [3.05, 3.63) is 83.1 Å². The lowest BCUT2D eigenvalue weighted by Gasteiger charge is -2.30. The van der Waals surface area contributed by atoms with Crippen LogP contribution in [-0.4, -0.2) is 46.6 Å². The van der Waals surface area contributed by atoms with Gasteiger partial charge in [-0.05, 0) is 59.7 Å². The molecule has 0 spiro atoms. The lowest BCUT2D eigenvalue weighted by atomic mass is 9.81. The fourth-order valence-electron chi connectivity index (χ4n) is 4.85. The predicted octanol–water partition coefficient (Wildman–Crippen LogP) is 3.75. The SMILES string of the molecule is O=C(NC[C@H](O)CN1CCc2cc(OCc3cnco3)ccc2C1)c1cccc(CC2CCC2)c1. The third-order valence-electron chi connectivity index (χ3n) is 7.04. The summed E-state index contributed by atoms with van der Waals surface area (Å²) in [6.45, 7) is 2.74. The van der Waals surface area contributed by atoms with Crippen LogP contribution in [0.3, 0.4) is 0 Å². The zero-order chi connectivity index (χ0) is 24.0. The van der Waals surface area contributed by atoms with Crippen LogP contribution in [0, 0.1) is 5.92 Å². The summed E-state index contributed by atoms with van der Waals surface area (Å²) in [5.74, 6) is 2.15. The maximum absolute atomic E-state index is 12.6. The zero-order valence-corrected chi connectivity index (χ0v) is 20.0. The van der Waals surface area contributed by atoms with Gasteiger partial charge in [0.1, 0.15) is 12.4 Å². The fourth-order valence-corrected chi connectivity index (χ4v) is 4.85. The first-order chi connectivity index (χ1) is 17.1. The summed E-state index contributed by atoms with van der Waals surface area (Å²) in [7, 11) is 0. The minimum atomic E-state index is -0.622. The molecule has 0 saturated heterocycles. The highest BCUT2D eigenvalue weighted by Gasteiger charge is 2.21. The summed E-state index contributed by atoms with van der Waals surface area (Å²) in [5, 5.41) is 13.5. The molecule has 1 fully saturated rings. The molecule has 7 nitrogen and oxygen atoms in total. The molecule has 2 N–H and O–H groups in total. The van der Waals surface area contributed by atoms with Crippen molar-refractivity contribution >= 4 is 5.91 Å². The van der Waals surface area contributed by atoms with Gasteiger partial charge < -0.3 is 19.6 Å². The van der Waals surface area contributed by atoms with Crippen LogP contribution in [0.4, 0.5) is 0 Å². The van der Waals surface area contributed by atoms with Crippen molar-refractivity contribution in [1.29, 1.82) is 0 Å². The molecule has 1 aliphatic heterocycles. The number of fused-ring (bicyclic) bond motifs is 1. The molecule has 3 aromatic rings. The normalized spacial score (nSPS) is 16.8. The molecular formula is C28H33N3O4. The van der Waals surface area contributed by atoms with Crippen molar-refractivity contribution in [2.24, 2.45) is 5.92 Å². The van der Waals surface area contributed by atoms with Crippen LogP contribution in [-0.2, 0) is 26.0 Å². The van der Waals surface area contributed by atoms with Gasteiger partial charge in [0.25, 0.3) is 5.91 Å². The lowest BCUT2D eigenvalue weighted by Crippen LogP contribution is -2.42. The minimum Gasteiger partial charge on any atom is -0.486 e. The third-order valence-corrected chi connectivity index (χ3v) is 7.04. The number of amides is 1. The average molecular weight is 476 g/mol. The summed E-state index contributed by atoms with van der Waals surface area (Å²) in [6.07, 6.45) is 8.28. The van der Waals surface area contributed by atoms with Gasteiger partial charge >= 0.3 is 0 Å². The number of β-amino-alcohol motifs (C(OH)–C–C–N with tert-alkyl or cyclic N) is 1. The summed E-state index contributed by atoms with van der Waals surface area (Å²) in [6, 6.07) is 14.0. The van der Waals surface area contributed by atoms with Crippen molar-refractivity contribution in [2.75, 3.05) is 19.6 Å². The molecule has 0 radical (unpaired) electrons. The monoisotopic (exact) mass is 475 g/mol. The van der Waals surface area contributed by atoms with Crippen molar-refractivity contribution < 1.29 is 19.1 Å². The standard InChI is InChI=1S/C28H33N3O4/c32-25(14-30-28(33)23-6-2-5-21(12-23)11-20-3-1-4-20)17-31-10-9-22-13-26(8-7-24(22)16-31)34-18-27-15-29-19-35-27/h2,5-8,12-13,15,19-20,25,32H,1,3-4,9-11,14,16-18H2,(H,30,33)/t25-/m0/s1. The summed E-state index contributed by atoms with van der Waals surface area (Å²) in [5.41, 5.74) is 4.40. The first-order valence-corrected chi connectivity index (χ1v) is 12.5. The average Bonchev–Trinajstić information content (AvgIpc) is 3.37. The molecule has 1 aliphatic carbocycles. The second kappa shape index (κ2) is 11.1. The quantitative estimate of drug-likeness (QED) is 0.464. The molecule has 35 heavy (non-hydrogen) atoms. The number of hydrogen-bond acceptors (Lipinski definition) is 6. The van der Waals surface area contributed by atoms with Crippen molar-refractivity contribution in [1.82, 2.24) is 15.2 Å². The number of nitrogens with one attached hydrogen (secondary N) is 1. The first kappa shape index (κ1) is 23.6. The van der Waals surface area contributed by atoms with Gasteiger partial charge in [0.15, 0.2) is 12.2 Å². The Hall–Kier alpha value is -3.16. The number of benzene rings is 2. The summed E-state index contributed by atoms with van der Waals surface area (Å²) in [4.78, 5) is 18.8. The Morgan fingerprint density at radius 1 is 1.23 bits per heavy atom. The highest BCUT2D eigenvalue weighted by atomic mass is 16.5. The van der Waals surface area contributed by atoms with Gasteiger partial charge in [0.2, 0.25) is 0 Å². The Morgan fingerprint density at radius 2 is 2.14 bits per heavy atom. The predicted molar refractivity (Wildman–Crippen MR) is 132 cm³/mol. The number of oxazole rings is 1. The number of aromatic nitrogens is 1. The van der Waals surface area contributed by atoms with Gasteiger partial charge in [-0.25, -0.2) is 4.98 Å². The lowest BCUT2D eigenvalue weighted by molar-refractivity contribution is 0.0841. The Kier molecular flexibility index (Phi) is 7.45. The van der Waals surface area contributed by atoms with Crippen LogP contribution >= 0.6 is 0 Å². The van der Waals surface area contributed by atoms with E-state index in [0.29, 0.717) is 24.5 Å². The molecule has 184 valence electrons. The molecule has 1 amide bonds. The van der Waals surface area contributed by atoms with E-state index >= 15 is 0 Å². The van der Waals surface area contributed by atoms with Crippen molar-refractivity contribution in [3.8, 4) is 5.75 Å². The van der Waals surface area contributed by atoms with E-state index in [-0.39, 0.29) is 12.5 Å². The number of carbonyl (C=O) groups excluding carboxylic acids is 1. The Morgan fingerprint density at radius 3 is 2.94 bits per heavy atom. The van der Waals surface area contributed by atoms with E-state index in [4.69, 9.17) is 9.15 Å². The second-order valence-corrected chi connectivity index (χ2v) is 9.74. The zero-order valence-electron chi connectivity index (χ0n) is 20.0. The van der Waals surface area contributed by atoms with Crippen LogP contribution in [0.25, 0.3) is 0 Å². The van der Waals surface area contributed by atoms with Gasteiger partial charge in [0.05, 0.1) is 12.3 Å². The third kappa shape index (κ3) is 6.29. The number of aliphatic hydroxyl groups excluding tert-OH is 1. The van der Waals surface area contributed by atoms with E-state index in [0.717, 1.165) is 37.6 Å². The van der Waals surface area contributed by atoms with Crippen LogP contribution < -0.4 is 10.1 Å². The number of carbonyl (C=O) groups is 1. The van der Waals surface area contributed by atoms with Crippen molar-refractivity contribution in [2.45, 2.75) is 51.4 Å². The number of hydrogen-bond donors (Lipinski definition) is 2. The molecule has 0 unspecified atom stereocenters. The minimum absolute atomic E-state index is 0.124. The number of ether oxygens (including phenoxy) is 1. The van der Waals surface area contributed by atoms with E-state index < -0.39 is 6.10 Å². The summed E-state index contributed by atoms with van der Waals surface area (Å²) >= 11 is 0. The van der Waals surface area contributed by atoms with Gasteiger partial charge in [-0.15, -0.1) is 0 Å². The molecule has 2 aromatic carbocycles. The van der Waals surface area contributed by atoms with Crippen LogP contribution in [0.1, 0.15) is 52.1 Å². The topological polar surface area (TPSA) is 87.8 Å². The molecule has 5 rings (SSSR count). The number of aliphatic hydroxyl groups is 1. The molecule has 7 heteroatoms. The largest absolute Gasteiger partial charge is 0.486 e. The molecule has 1 saturated carbocycles. The van der Waals surface area contributed by atoms with Gasteiger partial charge in [-0.2, -0.15) is 0 Å². The summed E-state index contributed by atoms with van der Waals surface area (Å²) < 4.78 is 11.0. The van der Waals surface area contributed by atoms with E-state index in [9.17, 15) is 9.90 Å². The Bertz CT molecular complexity index is 1130. The van der Waals surface area contributed by atoms with E-state index in [1.807, 2.05) is 24.3 Å². The van der Waals surface area contributed by atoms with Crippen LogP contribution in [0.2, 0.25) is 0 Å². The first-order valence-electron chi connectivity index (χ1n) is 12.5. The maximum Gasteiger partial charge on any atom is 0.251 e. The van der Waals surface area contributed by atoms with Crippen LogP contribution in [0.15, 0.2) is 59.5 Å².